The Morgan fingerprint density at radius 2 is 2.24 bits per heavy atom. The van der Waals surface area contributed by atoms with E-state index in [1.165, 1.54) is 12.8 Å². The first kappa shape index (κ1) is 12.7. The van der Waals surface area contributed by atoms with Gasteiger partial charge in [0.1, 0.15) is 0 Å². The maximum absolute atomic E-state index is 5.78. The molecule has 0 amide bonds. The highest BCUT2D eigenvalue weighted by Crippen LogP contribution is 2.17. The van der Waals surface area contributed by atoms with Crippen molar-refractivity contribution in [1.29, 1.82) is 0 Å². The minimum absolute atomic E-state index is 0.340. The molecule has 0 aromatic carbocycles. The van der Waals surface area contributed by atoms with E-state index in [1.54, 1.807) is 6.20 Å². The predicted octanol–water partition coefficient (Wildman–Crippen LogP) is 1.56. The number of halogens is 1. The summed E-state index contributed by atoms with van der Waals surface area (Å²) in [6.07, 6.45) is 4.25. The Morgan fingerprint density at radius 3 is 2.88 bits per heavy atom. The minimum Gasteiger partial charge on any atom is -0.319 e. The molecule has 0 atom stereocenters. The van der Waals surface area contributed by atoms with Gasteiger partial charge in [-0.05, 0) is 63.1 Å². The Hall–Kier alpha value is -0.710. The van der Waals surface area contributed by atoms with E-state index >= 15 is 0 Å². The summed E-state index contributed by atoms with van der Waals surface area (Å²) in [7, 11) is 2.02. The summed E-state index contributed by atoms with van der Waals surface area (Å²) in [5.41, 5.74) is 1.01. The van der Waals surface area contributed by atoms with Gasteiger partial charge in [0.2, 0.25) is 5.28 Å². The third-order valence-corrected chi connectivity index (χ3v) is 3.45. The summed E-state index contributed by atoms with van der Waals surface area (Å²) in [6, 6.07) is 1.94. The van der Waals surface area contributed by atoms with Gasteiger partial charge in [-0.2, -0.15) is 0 Å². The Bertz CT molecular complexity index is 350. The topological polar surface area (TPSA) is 41.0 Å². The van der Waals surface area contributed by atoms with Crippen LogP contribution in [0.4, 0.5) is 0 Å². The molecule has 0 spiro atoms. The number of nitrogens with one attached hydrogen (secondary N) is 1. The van der Waals surface area contributed by atoms with E-state index in [0.29, 0.717) is 5.28 Å². The molecule has 1 fully saturated rings. The quantitative estimate of drug-likeness (QED) is 0.828. The van der Waals surface area contributed by atoms with Gasteiger partial charge < -0.3 is 5.32 Å². The van der Waals surface area contributed by atoms with Crippen LogP contribution in [0.2, 0.25) is 5.28 Å². The van der Waals surface area contributed by atoms with Gasteiger partial charge in [0, 0.05) is 12.7 Å². The molecule has 2 heterocycles. The molecule has 0 radical (unpaired) electrons. The molecule has 1 saturated heterocycles. The van der Waals surface area contributed by atoms with Crippen molar-refractivity contribution in [2.24, 2.45) is 5.92 Å². The van der Waals surface area contributed by atoms with Gasteiger partial charge in [-0.1, -0.05) is 0 Å². The lowest BCUT2D eigenvalue weighted by Gasteiger charge is -2.31. The second kappa shape index (κ2) is 6.28. The van der Waals surface area contributed by atoms with Crippen LogP contribution in [0, 0.1) is 5.92 Å². The van der Waals surface area contributed by atoms with E-state index in [2.05, 4.69) is 20.2 Å². The van der Waals surface area contributed by atoms with Crippen molar-refractivity contribution in [3.63, 3.8) is 0 Å². The molecule has 1 N–H and O–H groups in total. The first-order chi connectivity index (χ1) is 8.28. The van der Waals surface area contributed by atoms with E-state index in [9.17, 15) is 0 Å². The van der Waals surface area contributed by atoms with Gasteiger partial charge in [0.15, 0.2) is 0 Å². The SMILES string of the molecule is CNCC1CCN(Cc2ccnc(Cl)n2)CC1. The minimum atomic E-state index is 0.340. The smallest absolute Gasteiger partial charge is 0.222 e. The van der Waals surface area contributed by atoms with Crippen molar-refractivity contribution in [3.8, 4) is 0 Å². The summed E-state index contributed by atoms with van der Waals surface area (Å²) in [5, 5.41) is 3.59. The second-order valence-corrected chi connectivity index (χ2v) is 4.93. The highest BCUT2D eigenvalue weighted by molar-refractivity contribution is 6.28. The Labute approximate surface area is 107 Å². The second-order valence-electron chi connectivity index (χ2n) is 4.59. The van der Waals surface area contributed by atoms with Crippen LogP contribution in [-0.2, 0) is 6.54 Å². The molecule has 1 aliphatic heterocycles. The fourth-order valence-electron chi connectivity index (χ4n) is 2.32. The summed E-state index contributed by atoms with van der Waals surface area (Å²) >= 11 is 5.78. The maximum Gasteiger partial charge on any atom is 0.222 e. The molecule has 5 heteroatoms. The average molecular weight is 255 g/mol. The Balaban J connectivity index is 1.82. The zero-order chi connectivity index (χ0) is 12.1. The molecule has 4 nitrogen and oxygen atoms in total. The molecular formula is C12H19ClN4. The highest BCUT2D eigenvalue weighted by atomic mass is 35.5. The average Bonchev–Trinajstić information content (AvgIpc) is 2.32. The van der Waals surface area contributed by atoms with Gasteiger partial charge in [0.05, 0.1) is 5.69 Å². The third kappa shape index (κ3) is 3.91. The van der Waals surface area contributed by atoms with Gasteiger partial charge in [-0.25, -0.2) is 9.97 Å². The number of nitrogens with zero attached hydrogens (tertiary/aromatic N) is 3. The van der Waals surface area contributed by atoms with Crippen LogP contribution >= 0.6 is 11.6 Å². The van der Waals surface area contributed by atoms with Crippen molar-refractivity contribution in [2.45, 2.75) is 19.4 Å². The molecule has 1 aliphatic rings. The Morgan fingerprint density at radius 1 is 1.47 bits per heavy atom. The van der Waals surface area contributed by atoms with Crippen molar-refractivity contribution < 1.29 is 0 Å². The zero-order valence-electron chi connectivity index (χ0n) is 10.2. The number of hydrogen-bond acceptors (Lipinski definition) is 4. The van der Waals surface area contributed by atoms with Crippen molar-refractivity contribution in [1.82, 2.24) is 20.2 Å². The van der Waals surface area contributed by atoms with Gasteiger partial charge in [-0.3, -0.25) is 4.90 Å². The van der Waals surface area contributed by atoms with Crippen LogP contribution < -0.4 is 5.32 Å². The first-order valence-electron chi connectivity index (χ1n) is 6.12. The number of hydrogen-bond donors (Lipinski definition) is 1. The van der Waals surface area contributed by atoms with E-state index in [-0.39, 0.29) is 0 Å². The highest BCUT2D eigenvalue weighted by Gasteiger charge is 2.18. The lowest BCUT2D eigenvalue weighted by Crippen LogP contribution is -2.36. The molecule has 17 heavy (non-hydrogen) atoms. The van der Waals surface area contributed by atoms with Crippen LogP contribution in [0.15, 0.2) is 12.3 Å². The van der Waals surface area contributed by atoms with E-state index in [0.717, 1.165) is 37.8 Å². The van der Waals surface area contributed by atoms with E-state index in [4.69, 9.17) is 11.6 Å². The molecule has 0 aliphatic carbocycles. The molecule has 2 rings (SSSR count). The monoisotopic (exact) mass is 254 g/mol. The fourth-order valence-corrected chi connectivity index (χ4v) is 2.49. The molecular weight excluding hydrogens is 236 g/mol. The summed E-state index contributed by atoms with van der Waals surface area (Å²) in [4.78, 5) is 10.6. The normalized spacial score (nSPS) is 18.5. The molecule has 0 saturated carbocycles. The Kier molecular flexibility index (Phi) is 4.71. The standard InChI is InChI=1S/C12H19ClN4/c1-14-8-10-3-6-17(7-4-10)9-11-2-5-15-12(13)16-11/h2,5,10,14H,3-4,6-9H2,1H3. The van der Waals surface area contributed by atoms with Gasteiger partial charge in [-0.15, -0.1) is 0 Å². The summed E-state index contributed by atoms with van der Waals surface area (Å²) in [5.74, 6) is 0.824. The van der Waals surface area contributed by atoms with E-state index < -0.39 is 0 Å². The van der Waals surface area contributed by atoms with Crippen LogP contribution in [-0.4, -0.2) is 41.5 Å². The van der Waals surface area contributed by atoms with Crippen molar-refractivity contribution in [2.75, 3.05) is 26.7 Å². The summed E-state index contributed by atoms with van der Waals surface area (Å²) < 4.78 is 0. The maximum atomic E-state index is 5.78. The first-order valence-corrected chi connectivity index (χ1v) is 6.50. The lowest BCUT2D eigenvalue weighted by atomic mass is 9.97. The molecule has 0 unspecified atom stereocenters. The molecule has 1 aromatic heterocycles. The van der Waals surface area contributed by atoms with Gasteiger partial charge in [0.25, 0.3) is 0 Å². The third-order valence-electron chi connectivity index (χ3n) is 3.27. The van der Waals surface area contributed by atoms with Crippen LogP contribution in [0.25, 0.3) is 0 Å². The lowest BCUT2D eigenvalue weighted by molar-refractivity contribution is 0.175. The molecule has 1 aromatic rings. The van der Waals surface area contributed by atoms with Gasteiger partial charge >= 0.3 is 0 Å². The largest absolute Gasteiger partial charge is 0.319 e. The number of likely N-dealkylation sites (tertiary alicyclic amines) is 1. The summed E-state index contributed by atoms with van der Waals surface area (Å²) in [6.45, 7) is 4.31. The molecule has 94 valence electrons. The predicted molar refractivity (Wildman–Crippen MR) is 69.0 cm³/mol. The number of rotatable bonds is 4. The fraction of sp³-hybridized carbons (Fsp3) is 0.667. The van der Waals surface area contributed by atoms with Crippen molar-refractivity contribution >= 4 is 11.6 Å². The number of piperidine rings is 1. The molecule has 0 bridgehead atoms. The zero-order valence-corrected chi connectivity index (χ0v) is 11.0. The van der Waals surface area contributed by atoms with E-state index in [1.807, 2.05) is 13.1 Å². The van der Waals surface area contributed by atoms with Crippen LogP contribution in [0.3, 0.4) is 0 Å². The number of aromatic nitrogens is 2. The van der Waals surface area contributed by atoms with Crippen LogP contribution in [0.1, 0.15) is 18.5 Å². The van der Waals surface area contributed by atoms with Crippen molar-refractivity contribution in [3.05, 3.63) is 23.2 Å². The van der Waals surface area contributed by atoms with Crippen LogP contribution in [0.5, 0.6) is 0 Å².